The highest BCUT2D eigenvalue weighted by Gasteiger charge is 2.42. The summed E-state index contributed by atoms with van der Waals surface area (Å²) in [6.07, 6.45) is 3.65. The second-order valence-corrected chi connectivity index (χ2v) is 10.6. The quantitative estimate of drug-likeness (QED) is 0.434. The number of likely N-dealkylation sites (tertiary alicyclic amines) is 1. The Kier molecular flexibility index (Phi) is 6.91. The third kappa shape index (κ3) is 5.35. The van der Waals surface area contributed by atoms with E-state index in [4.69, 9.17) is 8.92 Å². The molecule has 1 saturated heterocycles. The largest absolute Gasteiger partial charge is 0.496 e. The molecule has 4 rings (SSSR count). The van der Waals surface area contributed by atoms with E-state index in [1.165, 1.54) is 23.7 Å². The maximum atomic E-state index is 13.7. The summed E-state index contributed by atoms with van der Waals surface area (Å²) in [4.78, 5) is 15.5. The molecule has 0 saturated carbocycles. The van der Waals surface area contributed by atoms with Crippen LogP contribution in [0.1, 0.15) is 39.9 Å². The van der Waals surface area contributed by atoms with E-state index in [0.717, 1.165) is 17.4 Å². The van der Waals surface area contributed by atoms with Crippen LogP contribution in [0.15, 0.2) is 42.7 Å². The summed E-state index contributed by atoms with van der Waals surface area (Å²) in [5.41, 5.74) is 4.00. The first-order chi connectivity index (χ1) is 16.6. The van der Waals surface area contributed by atoms with E-state index in [9.17, 15) is 13.2 Å². The molecule has 1 atom stereocenters. The Bertz CT molecular complexity index is 1330. The number of methoxy groups -OCH3 is 1. The summed E-state index contributed by atoms with van der Waals surface area (Å²) in [6, 6.07) is 11.5. The normalized spacial score (nSPS) is 18.1. The Morgan fingerprint density at radius 1 is 1.14 bits per heavy atom. The van der Waals surface area contributed by atoms with E-state index in [1.807, 2.05) is 13.8 Å². The van der Waals surface area contributed by atoms with Crippen LogP contribution in [0.25, 0.3) is 5.69 Å². The van der Waals surface area contributed by atoms with E-state index < -0.39 is 15.5 Å². The number of ether oxygens (including phenoxy) is 1. The first kappa shape index (κ1) is 24.8. The lowest BCUT2D eigenvalue weighted by Gasteiger charge is -2.30. The van der Waals surface area contributed by atoms with Gasteiger partial charge in [-0.1, -0.05) is 18.2 Å². The fraction of sp³-hybridized carbons (Fsp3) is 0.417. The van der Waals surface area contributed by atoms with Crippen LogP contribution in [0.2, 0.25) is 0 Å². The minimum atomic E-state index is -3.56. The lowest BCUT2D eigenvalue weighted by Crippen LogP contribution is -2.36. The molecule has 0 bridgehead atoms. The summed E-state index contributed by atoms with van der Waals surface area (Å²) in [5.74, 6) is 0.280. The van der Waals surface area contributed by atoms with E-state index in [2.05, 4.69) is 33.7 Å². The first-order valence-corrected chi connectivity index (χ1v) is 13.1. The molecule has 35 heavy (non-hydrogen) atoms. The zero-order valence-electron chi connectivity index (χ0n) is 20.3. The van der Waals surface area contributed by atoms with Crippen molar-refractivity contribution in [3.8, 4) is 11.4 Å². The predicted molar refractivity (Wildman–Crippen MR) is 129 cm³/mol. The average molecular weight is 500 g/mol. The van der Waals surface area contributed by atoms with Crippen molar-refractivity contribution in [2.24, 2.45) is 0 Å². The molecular weight excluding hydrogens is 470 g/mol. The van der Waals surface area contributed by atoms with Crippen LogP contribution in [0, 0.1) is 13.8 Å². The predicted octanol–water partition coefficient (Wildman–Crippen LogP) is 2.44. The zero-order chi connectivity index (χ0) is 25.2. The molecule has 1 amide bonds. The third-order valence-corrected chi connectivity index (χ3v) is 7.26. The first-order valence-electron chi connectivity index (χ1n) is 11.2. The molecule has 186 valence electrons. The highest BCUT2D eigenvalue weighted by Crippen LogP contribution is 2.40. The molecule has 0 N–H and O–H groups in total. The summed E-state index contributed by atoms with van der Waals surface area (Å²) in [7, 11) is -2.04. The second kappa shape index (κ2) is 9.74. The highest BCUT2D eigenvalue weighted by atomic mass is 32.2. The van der Waals surface area contributed by atoms with Crippen LogP contribution in [-0.4, -0.2) is 72.5 Å². The van der Waals surface area contributed by atoms with Crippen molar-refractivity contribution in [3.63, 3.8) is 0 Å². The number of carbonyl (C=O) groups is 1. The molecule has 1 aromatic heterocycles. The Labute approximate surface area is 205 Å². The fourth-order valence-electron chi connectivity index (χ4n) is 4.55. The SMILES string of the molecule is COc1ccc(-n2cnnn2)cc1C(=O)N1CCC(CCOS(C)(=O)=O)(c2ccc(C)c(C)c2)C1. The summed E-state index contributed by atoms with van der Waals surface area (Å²) < 4.78 is 35.2. The standard InChI is InChI=1S/C24H29N5O5S/c1-17-5-6-19(13-18(17)2)24(10-12-34-35(4,31)32)9-11-28(15-24)23(30)21-14-20(7-8-22(21)33-3)29-16-25-26-27-29/h5-8,13-14,16H,9-12,15H2,1-4H3. The van der Waals surface area contributed by atoms with E-state index >= 15 is 0 Å². The number of rotatable bonds is 8. The van der Waals surface area contributed by atoms with Crippen molar-refractivity contribution in [2.45, 2.75) is 32.1 Å². The molecular formula is C24H29N5O5S. The van der Waals surface area contributed by atoms with Crippen LogP contribution < -0.4 is 4.74 Å². The maximum Gasteiger partial charge on any atom is 0.264 e. The summed E-state index contributed by atoms with van der Waals surface area (Å²) >= 11 is 0. The van der Waals surface area contributed by atoms with Gasteiger partial charge in [-0.2, -0.15) is 8.42 Å². The Morgan fingerprint density at radius 3 is 2.60 bits per heavy atom. The van der Waals surface area contributed by atoms with Gasteiger partial charge in [-0.3, -0.25) is 8.98 Å². The number of nitrogens with zero attached hydrogens (tertiary/aromatic N) is 5. The van der Waals surface area contributed by atoms with Crippen molar-refractivity contribution >= 4 is 16.0 Å². The highest BCUT2D eigenvalue weighted by molar-refractivity contribution is 7.85. The van der Waals surface area contributed by atoms with Crippen LogP contribution in [0.4, 0.5) is 0 Å². The van der Waals surface area contributed by atoms with E-state index in [1.54, 1.807) is 23.1 Å². The van der Waals surface area contributed by atoms with Gasteiger partial charge in [0.15, 0.2) is 0 Å². The van der Waals surface area contributed by atoms with Gasteiger partial charge in [-0.25, -0.2) is 4.68 Å². The average Bonchev–Trinajstić information content (AvgIpc) is 3.50. The number of aromatic nitrogens is 4. The molecule has 1 fully saturated rings. The number of tetrazole rings is 1. The molecule has 1 aliphatic rings. The van der Waals surface area contributed by atoms with Crippen LogP contribution in [0.3, 0.4) is 0 Å². The van der Waals surface area contributed by atoms with Gasteiger partial charge in [-0.15, -0.1) is 5.10 Å². The van der Waals surface area contributed by atoms with Crippen molar-refractivity contribution < 1.29 is 22.1 Å². The van der Waals surface area contributed by atoms with E-state index in [0.29, 0.717) is 42.9 Å². The molecule has 10 nitrogen and oxygen atoms in total. The molecule has 0 spiro atoms. The van der Waals surface area contributed by atoms with Gasteiger partial charge in [0, 0.05) is 18.5 Å². The summed E-state index contributed by atoms with van der Waals surface area (Å²) in [6.45, 7) is 5.09. The van der Waals surface area contributed by atoms with Crippen LogP contribution >= 0.6 is 0 Å². The minimum Gasteiger partial charge on any atom is -0.496 e. The lowest BCUT2D eigenvalue weighted by molar-refractivity contribution is 0.0777. The van der Waals surface area contributed by atoms with Gasteiger partial charge >= 0.3 is 0 Å². The molecule has 2 heterocycles. The molecule has 0 aliphatic carbocycles. The molecule has 1 unspecified atom stereocenters. The van der Waals surface area contributed by atoms with E-state index in [-0.39, 0.29) is 12.5 Å². The smallest absolute Gasteiger partial charge is 0.264 e. The number of aryl methyl sites for hydroxylation is 2. The number of benzene rings is 2. The van der Waals surface area contributed by atoms with Gasteiger partial charge < -0.3 is 9.64 Å². The lowest BCUT2D eigenvalue weighted by atomic mass is 9.76. The van der Waals surface area contributed by atoms with Crippen molar-refractivity contribution in [2.75, 3.05) is 33.1 Å². The Hall–Kier alpha value is -3.31. The summed E-state index contributed by atoms with van der Waals surface area (Å²) in [5, 5.41) is 11.2. The Morgan fingerprint density at radius 2 is 1.94 bits per heavy atom. The number of hydrogen-bond donors (Lipinski definition) is 0. The zero-order valence-corrected chi connectivity index (χ0v) is 21.1. The van der Waals surface area contributed by atoms with Gasteiger partial charge in [0.25, 0.3) is 16.0 Å². The fourth-order valence-corrected chi connectivity index (χ4v) is 4.93. The molecule has 11 heteroatoms. The van der Waals surface area contributed by atoms with Gasteiger partial charge in [-0.05, 0) is 72.0 Å². The van der Waals surface area contributed by atoms with Crippen LogP contribution in [-0.2, 0) is 19.7 Å². The third-order valence-electron chi connectivity index (χ3n) is 6.67. The molecule has 1 aliphatic heterocycles. The van der Waals surface area contributed by atoms with Gasteiger partial charge in [0.05, 0.1) is 31.2 Å². The molecule has 2 aromatic carbocycles. The number of amides is 1. The van der Waals surface area contributed by atoms with Gasteiger partial charge in [0.2, 0.25) is 0 Å². The monoisotopic (exact) mass is 499 g/mol. The Balaban J connectivity index is 1.65. The van der Waals surface area contributed by atoms with Crippen LogP contribution in [0.5, 0.6) is 5.75 Å². The second-order valence-electron chi connectivity index (χ2n) is 8.97. The molecule has 0 radical (unpaired) electrons. The number of hydrogen-bond acceptors (Lipinski definition) is 8. The topological polar surface area (TPSA) is 117 Å². The maximum absolute atomic E-state index is 13.7. The van der Waals surface area contributed by atoms with Gasteiger partial charge in [0.1, 0.15) is 12.1 Å². The van der Waals surface area contributed by atoms with Crippen molar-refractivity contribution in [1.29, 1.82) is 0 Å². The molecule has 3 aromatic rings. The number of carbonyl (C=O) groups excluding carboxylic acids is 1. The van der Waals surface area contributed by atoms with Crippen molar-refractivity contribution in [3.05, 3.63) is 65.0 Å². The minimum absolute atomic E-state index is 0.0475. The van der Waals surface area contributed by atoms with Crippen molar-refractivity contribution in [1.82, 2.24) is 25.1 Å².